The van der Waals surface area contributed by atoms with Crippen LogP contribution < -0.4 is 5.32 Å². The van der Waals surface area contributed by atoms with Gasteiger partial charge in [-0.25, -0.2) is 0 Å². The molecule has 0 saturated carbocycles. The van der Waals surface area contributed by atoms with Gasteiger partial charge in [0, 0.05) is 17.4 Å². The Labute approximate surface area is 123 Å². The van der Waals surface area contributed by atoms with Gasteiger partial charge >= 0.3 is 0 Å². The maximum absolute atomic E-state index is 12.3. The normalized spacial score (nSPS) is 13.8. The average molecular weight is 292 g/mol. The van der Waals surface area contributed by atoms with E-state index in [0.29, 0.717) is 5.02 Å². The van der Waals surface area contributed by atoms with Crippen LogP contribution in [-0.2, 0) is 4.79 Å². The molecule has 5 heteroatoms. The van der Waals surface area contributed by atoms with E-state index in [9.17, 15) is 4.79 Å². The Morgan fingerprint density at radius 2 is 2.10 bits per heavy atom. The largest absolute Gasteiger partial charge is 0.347 e. The van der Waals surface area contributed by atoms with Crippen LogP contribution in [0.3, 0.4) is 0 Å². The summed E-state index contributed by atoms with van der Waals surface area (Å²) in [7, 11) is 0. The van der Waals surface area contributed by atoms with Gasteiger partial charge in [-0.15, -0.1) is 0 Å². The van der Waals surface area contributed by atoms with Gasteiger partial charge in [0.1, 0.15) is 6.04 Å². The molecule has 0 fully saturated rings. The van der Waals surface area contributed by atoms with Gasteiger partial charge in [0.15, 0.2) is 0 Å². The molecule has 106 valence electrons. The summed E-state index contributed by atoms with van der Waals surface area (Å²) in [6.07, 6.45) is 4.27. The maximum Gasteiger partial charge on any atom is 0.245 e. The Hall–Kier alpha value is -1.81. The predicted molar refractivity (Wildman–Crippen MR) is 79.6 cm³/mol. The molecule has 0 spiro atoms. The molecule has 1 heterocycles. The topological polar surface area (TPSA) is 46.9 Å². The van der Waals surface area contributed by atoms with Crippen molar-refractivity contribution < 1.29 is 4.79 Å². The second-order valence-corrected chi connectivity index (χ2v) is 5.12. The van der Waals surface area contributed by atoms with Gasteiger partial charge in [0.25, 0.3) is 0 Å². The van der Waals surface area contributed by atoms with Gasteiger partial charge in [0.05, 0.1) is 6.04 Å². The van der Waals surface area contributed by atoms with Crippen molar-refractivity contribution in [3.8, 4) is 0 Å². The fourth-order valence-corrected chi connectivity index (χ4v) is 2.16. The Bertz CT molecular complexity index is 551. The highest BCUT2D eigenvalue weighted by molar-refractivity contribution is 6.30. The lowest BCUT2D eigenvalue weighted by atomic mass is 10.0. The van der Waals surface area contributed by atoms with E-state index in [4.69, 9.17) is 11.6 Å². The van der Waals surface area contributed by atoms with Crippen molar-refractivity contribution in [1.29, 1.82) is 0 Å². The van der Waals surface area contributed by atoms with Crippen molar-refractivity contribution in [3.05, 3.63) is 53.3 Å². The zero-order valence-corrected chi connectivity index (χ0v) is 12.3. The molecule has 0 aliphatic heterocycles. The van der Waals surface area contributed by atoms with Crippen LogP contribution in [-0.4, -0.2) is 15.7 Å². The van der Waals surface area contributed by atoms with Gasteiger partial charge in [-0.1, -0.05) is 30.7 Å². The number of carbonyl (C=O) groups is 1. The fourth-order valence-electron chi connectivity index (χ4n) is 2.04. The summed E-state index contributed by atoms with van der Waals surface area (Å²) < 4.78 is 1.64. The van der Waals surface area contributed by atoms with E-state index in [1.807, 2.05) is 38.1 Å². The molecule has 0 aliphatic carbocycles. The molecule has 2 rings (SSSR count). The van der Waals surface area contributed by atoms with Gasteiger partial charge in [-0.05, 0) is 37.1 Å². The van der Waals surface area contributed by atoms with Crippen LogP contribution in [0.25, 0.3) is 0 Å². The second kappa shape index (κ2) is 6.57. The summed E-state index contributed by atoms with van der Waals surface area (Å²) in [6.45, 7) is 3.87. The number of halogens is 1. The minimum Gasteiger partial charge on any atom is -0.347 e. The SMILES string of the molecule is CCC(NC(=O)C(C)n1cccn1)c1ccc(Cl)cc1. The van der Waals surface area contributed by atoms with E-state index in [0.717, 1.165) is 12.0 Å². The predicted octanol–water partition coefficient (Wildman–Crippen LogP) is 3.37. The zero-order valence-electron chi connectivity index (χ0n) is 11.6. The van der Waals surface area contributed by atoms with Crippen molar-refractivity contribution in [2.45, 2.75) is 32.4 Å². The highest BCUT2D eigenvalue weighted by Crippen LogP contribution is 2.20. The third-order valence-corrected chi connectivity index (χ3v) is 3.55. The summed E-state index contributed by atoms with van der Waals surface area (Å²) in [5, 5.41) is 7.84. The number of rotatable bonds is 5. The number of aromatic nitrogens is 2. The average Bonchev–Trinajstić information content (AvgIpc) is 2.99. The molecule has 0 saturated heterocycles. The molecular formula is C15H18ClN3O. The first-order valence-corrected chi connectivity index (χ1v) is 7.04. The van der Waals surface area contributed by atoms with Crippen LogP contribution in [0.5, 0.6) is 0 Å². The summed E-state index contributed by atoms with van der Waals surface area (Å²) in [5.74, 6) is -0.0458. The van der Waals surface area contributed by atoms with Crippen molar-refractivity contribution in [3.63, 3.8) is 0 Å². The third kappa shape index (κ3) is 3.39. The third-order valence-electron chi connectivity index (χ3n) is 3.30. The molecule has 4 nitrogen and oxygen atoms in total. The number of amides is 1. The van der Waals surface area contributed by atoms with Crippen molar-refractivity contribution in [1.82, 2.24) is 15.1 Å². The van der Waals surface area contributed by atoms with E-state index in [-0.39, 0.29) is 18.0 Å². The summed E-state index contributed by atoms with van der Waals surface area (Å²) in [5.41, 5.74) is 1.05. The van der Waals surface area contributed by atoms with E-state index in [1.54, 1.807) is 23.1 Å². The van der Waals surface area contributed by atoms with E-state index in [1.165, 1.54) is 0 Å². The molecule has 1 amide bonds. The Morgan fingerprint density at radius 1 is 1.40 bits per heavy atom. The number of carbonyl (C=O) groups excluding carboxylic acids is 1. The Balaban J connectivity index is 2.06. The lowest BCUT2D eigenvalue weighted by molar-refractivity contribution is -0.124. The Morgan fingerprint density at radius 3 is 2.65 bits per heavy atom. The van der Waals surface area contributed by atoms with Gasteiger partial charge in [-0.3, -0.25) is 9.48 Å². The highest BCUT2D eigenvalue weighted by Gasteiger charge is 2.19. The van der Waals surface area contributed by atoms with Crippen LogP contribution >= 0.6 is 11.6 Å². The van der Waals surface area contributed by atoms with Gasteiger partial charge < -0.3 is 5.32 Å². The fraction of sp³-hybridized carbons (Fsp3) is 0.333. The van der Waals surface area contributed by atoms with E-state index in [2.05, 4.69) is 10.4 Å². The molecular weight excluding hydrogens is 274 g/mol. The highest BCUT2D eigenvalue weighted by atomic mass is 35.5. The monoisotopic (exact) mass is 291 g/mol. The van der Waals surface area contributed by atoms with Crippen LogP contribution in [0.2, 0.25) is 5.02 Å². The van der Waals surface area contributed by atoms with Gasteiger partial charge in [-0.2, -0.15) is 5.10 Å². The number of nitrogens with one attached hydrogen (secondary N) is 1. The van der Waals surface area contributed by atoms with Crippen LogP contribution in [0.15, 0.2) is 42.7 Å². The van der Waals surface area contributed by atoms with E-state index < -0.39 is 0 Å². The molecule has 2 atom stereocenters. The Kier molecular flexibility index (Phi) is 4.79. The minimum atomic E-state index is -0.327. The first-order chi connectivity index (χ1) is 9.61. The van der Waals surface area contributed by atoms with Crippen molar-refractivity contribution >= 4 is 17.5 Å². The standard InChI is InChI=1S/C15H18ClN3O/c1-3-14(12-5-7-13(16)8-6-12)18-15(20)11(2)19-10-4-9-17-19/h4-11,14H,3H2,1-2H3,(H,18,20). The molecule has 1 aromatic heterocycles. The molecule has 1 aromatic carbocycles. The molecule has 2 aromatic rings. The maximum atomic E-state index is 12.3. The minimum absolute atomic E-state index is 0.0159. The van der Waals surface area contributed by atoms with Crippen LogP contribution in [0, 0.1) is 0 Å². The van der Waals surface area contributed by atoms with Crippen molar-refractivity contribution in [2.75, 3.05) is 0 Å². The van der Waals surface area contributed by atoms with Crippen LogP contribution in [0.4, 0.5) is 0 Å². The molecule has 0 bridgehead atoms. The number of nitrogens with zero attached hydrogens (tertiary/aromatic N) is 2. The number of benzene rings is 1. The molecule has 0 radical (unpaired) electrons. The molecule has 20 heavy (non-hydrogen) atoms. The first kappa shape index (κ1) is 14.6. The lowest BCUT2D eigenvalue weighted by Gasteiger charge is -2.20. The zero-order chi connectivity index (χ0) is 14.5. The molecule has 1 N–H and O–H groups in total. The quantitative estimate of drug-likeness (QED) is 0.918. The van der Waals surface area contributed by atoms with E-state index >= 15 is 0 Å². The first-order valence-electron chi connectivity index (χ1n) is 6.66. The van der Waals surface area contributed by atoms with Crippen LogP contribution in [0.1, 0.15) is 37.9 Å². The summed E-state index contributed by atoms with van der Waals surface area (Å²) >= 11 is 5.88. The van der Waals surface area contributed by atoms with Crippen molar-refractivity contribution in [2.24, 2.45) is 0 Å². The molecule has 0 aliphatic rings. The smallest absolute Gasteiger partial charge is 0.245 e. The second-order valence-electron chi connectivity index (χ2n) is 4.68. The lowest BCUT2D eigenvalue weighted by Crippen LogP contribution is -2.34. The van der Waals surface area contributed by atoms with Gasteiger partial charge in [0.2, 0.25) is 5.91 Å². The molecule has 2 unspecified atom stereocenters. The summed E-state index contributed by atoms with van der Waals surface area (Å²) in [4.78, 5) is 12.3. The number of hydrogen-bond acceptors (Lipinski definition) is 2. The summed E-state index contributed by atoms with van der Waals surface area (Å²) in [6, 6.07) is 9.01. The number of hydrogen-bond donors (Lipinski definition) is 1.